The first-order valence-electron chi connectivity index (χ1n) is 21.9. The number of ether oxygens (including phenoxy) is 2. The highest BCUT2D eigenvalue weighted by Crippen LogP contribution is 2.46. The number of nitrogens with zero attached hydrogens (tertiary/aromatic N) is 10. The van der Waals surface area contributed by atoms with E-state index in [2.05, 4.69) is 46.7 Å². The van der Waals surface area contributed by atoms with Crippen LogP contribution in [0.2, 0.25) is 5.02 Å². The van der Waals surface area contributed by atoms with Gasteiger partial charge < -0.3 is 19.7 Å². The minimum absolute atomic E-state index is 0.00415. The molecule has 8 aromatic rings. The Balaban J connectivity index is 1.18. The molecule has 0 atom stereocenters. The Morgan fingerprint density at radius 1 is 0.813 bits per heavy atom. The molecule has 0 bridgehead atoms. The number of halogens is 1. The molecule has 0 amide bonds. The third-order valence-electron chi connectivity index (χ3n) is 10.9. The van der Waals surface area contributed by atoms with Crippen molar-refractivity contribution >= 4 is 136 Å². The molecule has 29 heteroatoms. The number of nitriles is 1. The van der Waals surface area contributed by atoms with Crippen LogP contribution in [0.15, 0.2) is 113 Å². The van der Waals surface area contributed by atoms with Crippen molar-refractivity contribution < 1.29 is 58.6 Å². The van der Waals surface area contributed by atoms with Crippen LogP contribution in [0.1, 0.15) is 36.0 Å². The van der Waals surface area contributed by atoms with Gasteiger partial charge in [-0.15, -0.1) is 37.3 Å². The number of pyridine rings is 1. The Labute approximate surface area is 440 Å². The summed E-state index contributed by atoms with van der Waals surface area (Å²) in [6, 6.07) is 20.4. The van der Waals surface area contributed by atoms with Crippen LogP contribution in [0.25, 0.3) is 37.7 Å². The fourth-order valence-corrected chi connectivity index (χ4v) is 11.6. The summed E-state index contributed by atoms with van der Waals surface area (Å²) in [5.41, 5.74) is 1.95. The highest BCUT2D eigenvalue weighted by molar-refractivity contribution is 7.99. The molecule has 388 valence electrons. The Kier molecular flexibility index (Phi) is 16.4. The van der Waals surface area contributed by atoms with Crippen molar-refractivity contribution in [1.29, 1.82) is 5.26 Å². The second-order valence-corrected chi connectivity index (χ2v) is 23.1. The number of hydrogen-bond acceptors (Lipinski definition) is 21. The molecule has 0 fully saturated rings. The van der Waals surface area contributed by atoms with Gasteiger partial charge in [-0.05, 0) is 86.7 Å². The van der Waals surface area contributed by atoms with Gasteiger partial charge in [0.15, 0.2) is 11.3 Å². The van der Waals surface area contributed by atoms with E-state index in [4.69, 9.17) is 28.0 Å². The number of imidazole rings is 1. The highest BCUT2D eigenvalue weighted by atomic mass is 35.5. The van der Waals surface area contributed by atoms with Gasteiger partial charge in [0.1, 0.15) is 50.6 Å². The first kappa shape index (κ1) is 54.5. The minimum Gasteiger partial charge on any atom is -0.493 e. The van der Waals surface area contributed by atoms with E-state index in [0.717, 1.165) is 23.1 Å². The Morgan fingerprint density at radius 3 is 2.24 bits per heavy atom. The maximum Gasteiger partial charge on any atom is 0.295 e. The lowest BCUT2D eigenvalue weighted by Crippen LogP contribution is -2.08. The molecule has 23 nitrogen and oxygen atoms in total. The molecule has 8 rings (SSSR count). The molecule has 75 heavy (non-hydrogen) atoms. The summed E-state index contributed by atoms with van der Waals surface area (Å²) in [4.78, 5) is 9.03. The highest BCUT2D eigenvalue weighted by Gasteiger charge is 2.24. The molecule has 5 N–H and O–H groups in total. The zero-order valence-electron chi connectivity index (χ0n) is 38.8. The van der Waals surface area contributed by atoms with Crippen molar-refractivity contribution in [3.05, 3.63) is 101 Å². The second-order valence-electron chi connectivity index (χ2n) is 16.0. The number of aromatic hydroxyl groups is 1. The number of aliphatic hydroxyl groups excluding tert-OH is 1. The van der Waals surface area contributed by atoms with E-state index >= 15 is 0 Å². The van der Waals surface area contributed by atoms with Gasteiger partial charge in [0, 0.05) is 27.5 Å². The molecule has 0 saturated carbocycles. The molecule has 0 unspecified atom stereocenters. The number of rotatable bonds is 21. The zero-order valence-corrected chi connectivity index (χ0v) is 43.6. The Hall–Kier alpha value is -6.78. The number of azo groups is 3. The average Bonchev–Trinajstić information content (AvgIpc) is 3.97. The van der Waals surface area contributed by atoms with Crippen LogP contribution in [0.5, 0.6) is 17.4 Å². The first-order chi connectivity index (χ1) is 35.7. The summed E-state index contributed by atoms with van der Waals surface area (Å²) >= 11 is 8.82. The predicted molar refractivity (Wildman–Crippen MR) is 280 cm³/mol. The zero-order chi connectivity index (χ0) is 53.8. The molecule has 0 aliphatic rings. The number of aromatic nitrogens is 3. The third-order valence-corrected chi connectivity index (χ3v) is 15.8. The minimum atomic E-state index is -4.69. The largest absolute Gasteiger partial charge is 0.493 e. The van der Waals surface area contributed by atoms with Gasteiger partial charge in [0.2, 0.25) is 11.0 Å². The monoisotopic (exact) mass is 1130 g/mol. The van der Waals surface area contributed by atoms with Crippen LogP contribution >= 0.6 is 34.7 Å². The number of para-hydroxylation sites is 2. The molecule has 5 aromatic carbocycles. The second kappa shape index (κ2) is 22.6. The van der Waals surface area contributed by atoms with Crippen LogP contribution in [0, 0.1) is 25.2 Å². The van der Waals surface area contributed by atoms with Crippen molar-refractivity contribution in [2.45, 2.75) is 42.6 Å². The van der Waals surface area contributed by atoms with Gasteiger partial charge in [0.25, 0.3) is 30.4 Å². The van der Waals surface area contributed by atoms with Crippen molar-refractivity contribution in [1.82, 2.24) is 14.4 Å². The molecule has 3 heterocycles. The van der Waals surface area contributed by atoms with Crippen LogP contribution in [0.4, 0.5) is 33.6 Å². The summed E-state index contributed by atoms with van der Waals surface area (Å²) in [7, 11) is -13.4. The number of thioether (sulfide) groups is 1. The van der Waals surface area contributed by atoms with Gasteiger partial charge in [-0.2, -0.15) is 35.6 Å². The predicted octanol–water partition coefficient (Wildman–Crippen LogP) is 11.3. The third kappa shape index (κ3) is 12.5. The maximum absolute atomic E-state index is 12.4. The Bertz CT molecular complexity index is 4050. The normalized spacial score (nSPS) is 12.7. The summed E-state index contributed by atoms with van der Waals surface area (Å²) in [5.74, 6) is -1.24. The Morgan fingerprint density at radius 2 is 1.52 bits per heavy atom. The number of thiazole rings is 1. The smallest absolute Gasteiger partial charge is 0.295 e. The van der Waals surface area contributed by atoms with Gasteiger partial charge in [-0.3, -0.25) is 18.1 Å². The quantitative estimate of drug-likeness (QED) is 0.0193. The first-order valence-corrected chi connectivity index (χ1v) is 28.7. The lowest BCUT2D eigenvalue weighted by atomic mass is 10.1. The van der Waals surface area contributed by atoms with Crippen LogP contribution in [-0.4, -0.2) is 94.0 Å². The van der Waals surface area contributed by atoms with Gasteiger partial charge in [-0.25, -0.2) is 9.97 Å². The fourth-order valence-electron chi connectivity index (χ4n) is 7.50. The van der Waals surface area contributed by atoms with E-state index in [0.29, 0.717) is 26.0 Å². The SMILES string of the molecule is [CH]CCOc1cc2cccc(S(=O)(=O)O)c2c2sc(N=Nc3cc(SCCCS(=O)(=O)O)c(N=Nc4cc(OCCCS(=O)(=O)O)c(N=Nc5c(C)c(C#N)c6nc7ccccc7n6c5O)cc4CO)cc3Cl)nc12. The number of aliphatic hydroxyl groups is 1. The topological polar surface area (TPSA) is 350 Å². The molecule has 2 radical (unpaired) electrons. The molecule has 0 aliphatic heterocycles. The number of fused-ring (bicyclic) bond motifs is 6. The molecule has 0 aliphatic carbocycles. The van der Waals surface area contributed by atoms with E-state index in [1.807, 2.05) is 0 Å². The van der Waals surface area contributed by atoms with E-state index < -0.39 is 48.5 Å². The molecular formula is C46H39ClN10O13S5. The summed E-state index contributed by atoms with van der Waals surface area (Å²) in [5, 5.41) is 58.9. The summed E-state index contributed by atoms with van der Waals surface area (Å²) in [6.07, 6.45) is -0.00293. The van der Waals surface area contributed by atoms with Crippen LogP contribution in [-0.2, 0) is 37.0 Å². The lowest BCUT2D eigenvalue weighted by molar-refractivity contribution is 0.281. The van der Waals surface area contributed by atoms with Gasteiger partial charge >= 0.3 is 0 Å². The van der Waals surface area contributed by atoms with Crippen LogP contribution < -0.4 is 9.47 Å². The fraction of sp³-hybridized carbons (Fsp3) is 0.217. The van der Waals surface area contributed by atoms with E-state index in [9.17, 15) is 54.4 Å². The van der Waals surface area contributed by atoms with E-state index in [1.54, 1.807) is 43.3 Å². The van der Waals surface area contributed by atoms with Crippen molar-refractivity contribution in [2.75, 3.05) is 30.5 Å². The van der Waals surface area contributed by atoms with Crippen molar-refractivity contribution in [3.63, 3.8) is 0 Å². The number of hydrogen-bond donors (Lipinski definition) is 5. The van der Waals surface area contributed by atoms with Crippen LogP contribution in [0.3, 0.4) is 0 Å². The lowest BCUT2D eigenvalue weighted by Gasteiger charge is -2.12. The standard InChI is InChI=1S/C46H39ClN10O13S5/c1-3-13-69-37-19-26-9-6-12-39(75(66,67)68)40(26)43-42(37)50-46(72-43)56-52-32-22-38(71-15-8-17-74(63,64)65)34(20-29(32)47)54-51-31-21-36(70-14-7-16-73(60,61)62)33(18-27(31)24-58)53-55-41-25(2)28(23-48)44-49-30-10-4-5-11-35(30)57(44)45(41)59/h1,4-6,9-12,18-22,58-59H,3,7-8,13-17,24H2,2H3,(H,60,61,62)(H,63,64,65)(H,66,67,68). The van der Waals surface area contributed by atoms with Crippen molar-refractivity contribution in [3.8, 4) is 23.4 Å². The van der Waals surface area contributed by atoms with E-state index in [1.165, 1.54) is 40.8 Å². The average molecular weight is 1140 g/mol. The molecule has 0 spiro atoms. The number of benzene rings is 5. The molecule has 3 aromatic heterocycles. The maximum atomic E-state index is 12.4. The van der Waals surface area contributed by atoms with Gasteiger partial charge in [0.05, 0.1) is 57.8 Å². The van der Waals surface area contributed by atoms with Crippen molar-refractivity contribution in [2.24, 2.45) is 30.7 Å². The summed E-state index contributed by atoms with van der Waals surface area (Å²) < 4.78 is 113. The summed E-state index contributed by atoms with van der Waals surface area (Å²) in [6.45, 7) is 6.42. The molecular weight excluding hydrogens is 1100 g/mol. The van der Waals surface area contributed by atoms with Gasteiger partial charge in [-0.1, -0.05) is 47.2 Å². The van der Waals surface area contributed by atoms with E-state index in [-0.39, 0.29) is 132 Å². The molecule has 0 saturated heterocycles.